The Morgan fingerprint density at radius 3 is 2.47 bits per heavy atom. The number of anilines is 1. The lowest BCUT2D eigenvalue weighted by Crippen LogP contribution is -2.52. The van der Waals surface area contributed by atoms with E-state index in [1.165, 1.54) is 11.3 Å². The molecular weight excluding hydrogens is 495 g/mol. The normalized spacial score (nSPS) is 15.6. The van der Waals surface area contributed by atoms with Crippen LogP contribution in [-0.2, 0) is 6.42 Å². The molecule has 1 saturated heterocycles. The van der Waals surface area contributed by atoms with Gasteiger partial charge < -0.3 is 29.3 Å². The largest absolute Gasteiger partial charge is 0.497 e. The van der Waals surface area contributed by atoms with Gasteiger partial charge in [0.1, 0.15) is 5.75 Å². The standard InChI is InChI=1S/C22H28N4O3.HI/c1-23-22(24-10-9-17-3-8-20-21(15-17)29-16-28-20)26-13-11-25(12-14-26)18-4-6-19(27-2)7-5-18;/h3-8,15H,9-14,16H2,1-2H3,(H,23,24);1H. The number of nitrogens with one attached hydrogen (secondary N) is 1. The van der Waals surface area contributed by atoms with Crippen molar-refractivity contribution in [2.24, 2.45) is 4.99 Å². The fourth-order valence-electron chi connectivity index (χ4n) is 3.72. The van der Waals surface area contributed by atoms with Crippen molar-refractivity contribution in [1.82, 2.24) is 10.2 Å². The summed E-state index contributed by atoms with van der Waals surface area (Å²) in [7, 11) is 3.54. The number of fused-ring (bicyclic) bond motifs is 1. The average Bonchev–Trinajstić information content (AvgIpc) is 3.25. The summed E-state index contributed by atoms with van der Waals surface area (Å²) in [5.41, 5.74) is 2.46. The van der Waals surface area contributed by atoms with Crippen LogP contribution in [0.3, 0.4) is 0 Å². The number of rotatable bonds is 5. The smallest absolute Gasteiger partial charge is 0.231 e. The lowest BCUT2D eigenvalue weighted by atomic mass is 10.1. The summed E-state index contributed by atoms with van der Waals surface area (Å²) in [4.78, 5) is 9.19. The number of ether oxygens (including phenoxy) is 3. The summed E-state index contributed by atoms with van der Waals surface area (Å²) in [6, 6.07) is 14.4. The van der Waals surface area contributed by atoms with E-state index in [1.54, 1.807) is 7.11 Å². The van der Waals surface area contributed by atoms with Crippen molar-refractivity contribution in [3.05, 3.63) is 48.0 Å². The van der Waals surface area contributed by atoms with Gasteiger partial charge in [-0.2, -0.15) is 0 Å². The first-order valence-corrected chi connectivity index (χ1v) is 10.00. The molecule has 0 aromatic heterocycles. The van der Waals surface area contributed by atoms with Crippen molar-refractivity contribution in [3.8, 4) is 17.2 Å². The molecule has 162 valence electrons. The summed E-state index contributed by atoms with van der Waals surface area (Å²) in [5, 5.41) is 3.49. The zero-order valence-corrected chi connectivity index (χ0v) is 19.8. The number of piperazine rings is 1. The highest BCUT2D eigenvalue weighted by molar-refractivity contribution is 14.0. The molecule has 0 atom stereocenters. The Balaban J connectivity index is 0.00000256. The highest BCUT2D eigenvalue weighted by Gasteiger charge is 2.20. The third-order valence-corrected chi connectivity index (χ3v) is 5.36. The molecule has 0 aliphatic carbocycles. The zero-order chi connectivity index (χ0) is 20.1. The Morgan fingerprint density at radius 1 is 1.03 bits per heavy atom. The lowest BCUT2D eigenvalue weighted by molar-refractivity contribution is 0.174. The van der Waals surface area contributed by atoms with Crippen molar-refractivity contribution in [2.45, 2.75) is 6.42 Å². The van der Waals surface area contributed by atoms with Gasteiger partial charge in [-0.05, 0) is 48.4 Å². The van der Waals surface area contributed by atoms with Gasteiger partial charge in [-0.25, -0.2) is 0 Å². The molecule has 2 aliphatic rings. The van der Waals surface area contributed by atoms with Gasteiger partial charge in [-0.15, -0.1) is 24.0 Å². The van der Waals surface area contributed by atoms with Crippen molar-refractivity contribution in [2.75, 3.05) is 58.6 Å². The molecule has 1 fully saturated rings. The quantitative estimate of drug-likeness (QED) is 0.369. The van der Waals surface area contributed by atoms with Crippen LogP contribution in [0.1, 0.15) is 5.56 Å². The van der Waals surface area contributed by atoms with Crippen molar-refractivity contribution >= 4 is 35.6 Å². The van der Waals surface area contributed by atoms with Gasteiger partial charge in [0.15, 0.2) is 17.5 Å². The summed E-state index contributed by atoms with van der Waals surface area (Å²) in [6.45, 7) is 4.95. The van der Waals surface area contributed by atoms with Crippen LogP contribution in [-0.4, -0.2) is 64.5 Å². The van der Waals surface area contributed by atoms with Gasteiger partial charge in [-0.1, -0.05) is 6.07 Å². The first kappa shape index (κ1) is 22.3. The van der Waals surface area contributed by atoms with Crippen molar-refractivity contribution < 1.29 is 14.2 Å². The highest BCUT2D eigenvalue weighted by Crippen LogP contribution is 2.32. The summed E-state index contributed by atoms with van der Waals surface area (Å²) in [5.74, 6) is 3.51. The van der Waals surface area contributed by atoms with Crippen LogP contribution < -0.4 is 24.4 Å². The minimum absolute atomic E-state index is 0. The van der Waals surface area contributed by atoms with Gasteiger partial charge in [0.25, 0.3) is 0 Å². The Hall–Kier alpha value is -2.36. The predicted molar refractivity (Wildman–Crippen MR) is 130 cm³/mol. The third-order valence-electron chi connectivity index (χ3n) is 5.36. The van der Waals surface area contributed by atoms with Gasteiger partial charge in [0, 0.05) is 45.5 Å². The first-order valence-electron chi connectivity index (χ1n) is 10.00. The Kier molecular flexibility index (Phi) is 7.89. The van der Waals surface area contributed by atoms with E-state index in [0.717, 1.165) is 62.4 Å². The molecule has 2 aromatic rings. The number of hydrogen-bond acceptors (Lipinski definition) is 5. The first-order chi connectivity index (χ1) is 14.3. The van der Waals surface area contributed by atoms with Gasteiger partial charge in [0.2, 0.25) is 6.79 Å². The third kappa shape index (κ3) is 5.21. The Labute approximate surface area is 195 Å². The number of methoxy groups -OCH3 is 1. The van der Waals surface area contributed by atoms with Gasteiger partial charge in [0.05, 0.1) is 7.11 Å². The summed E-state index contributed by atoms with van der Waals surface area (Å²) >= 11 is 0. The maximum Gasteiger partial charge on any atom is 0.231 e. The molecule has 2 aliphatic heterocycles. The highest BCUT2D eigenvalue weighted by atomic mass is 127. The number of halogens is 1. The SMILES string of the molecule is CN=C(NCCc1ccc2c(c1)OCO2)N1CCN(c2ccc(OC)cc2)CC1.I. The molecule has 2 heterocycles. The van der Waals surface area contributed by atoms with E-state index in [-0.39, 0.29) is 24.0 Å². The molecular formula is C22H29IN4O3. The number of hydrogen-bond donors (Lipinski definition) is 1. The minimum Gasteiger partial charge on any atom is -0.497 e. The Morgan fingerprint density at radius 2 is 1.77 bits per heavy atom. The molecule has 0 saturated carbocycles. The van der Waals surface area contributed by atoms with Crippen LogP contribution >= 0.6 is 24.0 Å². The lowest BCUT2D eigenvalue weighted by Gasteiger charge is -2.37. The molecule has 1 N–H and O–H groups in total. The zero-order valence-electron chi connectivity index (χ0n) is 17.5. The molecule has 0 spiro atoms. The van der Waals surface area contributed by atoms with E-state index in [0.29, 0.717) is 6.79 Å². The van der Waals surface area contributed by atoms with Crippen LogP contribution in [0, 0.1) is 0 Å². The van der Waals surface area contributed by atoms with Crippen molar-refractivity contribution in [1.29, 1.82) is 0 Å². The second-order valence-corrected chi connectivity index (χ2v) is 7.08. The summed E-state index contributed by atoms with van der Waals surface area (Å²) in [6.07, 6.45) is 0.904. The van der Waals surface area contributed by atoms with E-state index in [9.17, 15) is 0 Å². The summed E-state index contributed by atoms with van der Waals surface area (Å²) < 4.78 is 16.1. The minimum atomic E-state index is 0. The molecule has 4 rings (SSSR count). The molecule has 7 nitrogen and oxygen atoms in total. The van der Waals surface area contributed by atoms with E-state index in [1.807, 2.05) is 25.2 Å². The van der Waals surface area contributed by atoms with E-state index < -0.39 is 0 Å². The van der Waals surface area contributed by atoms with Crippen LogP contribution in [0.15, 0.2) is 47.5 Å². The molecule has 2 aromatic carbocycles. The second-order valence-electron chi connectivity index (χ2n) is 7.08. The van der Waals surface area contributed by atoms with Gasteiger partial charge >= 0.3 is 0 Å². The van der Waals surface area contributed by atoms with Gasteiger partial charge in [-0.3, -0.25) is 4.99 Å². The molecule has 0 bridgehead atoms. The topological polar surface area (TPSA) is 58.6 Å². The number of guanidine groups is 1. The molecule has 0 unspecified atom stereocenters. The maximum absolute atomic E-state index is 5.46. The average molecular weight is 524 g/mol. The van der Waals surface area contributed by atoms with Crippen LogP contribution in [0.2, 0.25) is 0 Å². The Bertz CT molecular complexity index is 852. The fourth-order valence-corrected chi connectivity index (χ4v) is 3.72. The monoisotopic (exact) mass is 524 g/mol. The number of benzene rings is 2. The predicted octanol–water partition coefficient (Wildman–Crippen LogP) is 2.98. The van der Waals surface area contributed by atoms with Crippen LogP contribution in [0.4, 0.5) is 5.69 Å². The molecule has 0 amide bonds. The van der Waals surface area contributed by atoms with E-state index >= 15 is 0 Å². The second kappa shape index (κ2) is 10.6. The molecule has 30 heavy (non-hydrogen) atoms. The molecule has 8 heteroatoms. The van der Waals surface area contributed by atoms with E-state index in [2.05, 4.69) is 44.4 Å². The van der Waals surface area contributed by atoms with E-state index in [4.69, 9.17) is 14.2 Å². The van der Waals surface area contributed by atoms with Crippen molar-refractivity contribution in [3.63, 3.8) is 0 Å². The number of aliphatic imine (C=N–C) groups is 1. The molecule has 0 radical (unpaired) electrons. The van der Waals surface area contributed by atoms with Crippen LogP contribution in [0.25, 0.3) is 0 Å². The number of nitrogens with zero attached hydrogens (tertiary/aromatic N) is 3. The maximum atomic E-state index is 5.46. The van der Waals surface area contributed by atoms with Crippen LogP contribution in [0.5, 0.6) is 17.2 Å². The fraction of sp³-hybridized carbons (Fsp3) is 0.409.